The lowest BCUT2D eigenvalue weighted by molar-refractivity contribution is -0.111. The Morgan fingerprint density at radius 1 is 1.10 bits per heavy atom. The lowest BCUT2D eigenvalue weighted by Gasteiger charge is -2.13. The molecule has 31 heavy (non-hydrogen) atoms. The van der Waals surface area contributed by atoms with E-state index in [1.54, 1.807) is 12.3 Å². The second kappa shape index (κ2) is 9.66. The first-order chi connectivity index (χ1) is 15.2. The molecule has 0 radical (unpaired) electrons. The summed E-state index contributed by atoms with van der Waals surface area (Å²) in [6, 6.07) is 5.95. The van der Waals surface area contributed by atoms with Gasteiger partial charge in [-0.05, 0) is 74.5 Å². The number of allylic oxidation sites excluding steroid dienone is 4. The van der Waals surface area contributed by atoms with E-state index in [1.165, 1.54) is 0 Å². The zero-order chi connectivity index (χ0) is 21.6. The predicted molar refractivity (Wildman–Crippen MR) is 121 cm³/mol. The van der Waals surface area contributed by atoms with E-state index < -0.39 is 0 Å². The third-order valence-corrected chi connectivity index (χ3v) is 5.44. The maximum atomic E-state index is 12.2. The highest BCUT2D eigenvalue weighted by Crippen LogP contribution is 2.29. The highest BCUT2D eigenvalue weighted by molar-refractivity contribution is 6.22. The number of aromatic nitrogens is 4. The lowest BCUT2D eigenvalue weighted by Crippen LogP contribution is -2.12. The third kappa shape index (κ3) is 4.88. The van der Waals surface area contributed by atoms with Gasteiger partial charge in [0.25, 0.3) is 0 Å². The van der Waals surface area contributed by atoms with Crippen LogP contribution in [0.1, 0.15) is 38.3 Å². The van der Waals surface area contributed by atoms with Crippen molar-refractivity contribution in [1.82, 2.24) is 19.2 Å². The number of rotatable bonds is 9. The van der Waals surface area contributed by atoms with Crippen molar-refractivity contribution < 1.29 is 9.90 Å². The summed E-state index contributed by atoms with van der Waals surface area (Å²) in [5, 5.41) is 14.0. The topological polar surface area (TPSA) is 84.8 Å². The Kier molecular flexibility index (Phi) is 6.52. The largest absolute Gasteiger partial charge is 0.396 e. The summed E-state index contributed by atoms with van der Waals surface area (Å²) in [6.07, 6.45) is 15.1. The van der Waals surface area contributed by atoms with Crippen LogP contribution < -0.4 is 0 Å². The number of fused-ring (bicyclic) bond motifs is 1. The van der Waals surface area contributed by atoms with Gasteiger partial charge >= 0.3 is 0 Å². The first-order valence-electron chi connectivity index (χ1n) is 10.7. The number of nitrogens with zero attached hydrogens (tertiary/aromatic N) is 5. The molecule has 3 heterocycles. The quantitative estimate of drug-likeness (QED) is 0.423. The highest BCUT2D eigenvalue weighted by atomic mass is 16.2. The SMILES string of the molecule is CC1=CC(=Nc2c(CCCCn3ccnc3)nn3ccccc23)C(CCCO)=CC1=O. The molecule has 0 bridgehead atoms. The molecule has 0 aromatic carbocycles. The van der Waals surface area contributed by atoms with Crippen molar-refractivity contribution in [3.8, 4) is 0 Å². The van der Waals surface area contributed by atoms with Crippen molar-refractivity contribution in [1.29, 1.82) is 0 Å². The average molecular weight is 418 g/mol. The molecule has 1 aliphatic carbocycles. The maximum absolute atomic E-state index is 12.2. The molecule has 1 N–H and O–H groups in total. The third-order valence-electron chi connectivity index (χ3n) is 5.44. The van der Waals surface area contributed by atoms with Gasteiger partial charge in [-0.2, -0.15) is 5.10 Å². The number of aliphatic hydroxyl groups excluding tert-OH is 1. The Hall–Kier alpha value is -3.32. The van der Waals surface area contributed by atoms with E-state index in [1.807, 2.05) is 54.4 Å². The number of carbonyl (C=O) groups is 1. The molecular weight excluding hydrogens is 390 g/mol. The van der Waals surface area contributed by atoms with E-state index in [4.69, 9.17) is 10.1 Å². The van der Waals surface area contributed by atoms with Gasteiger partial charge in [0, 0.05) is 31.7 Å². The van der Waals surface area contributed by atoms with Crippen LogP contribution in [0.15, 0.2) is 71.4 Å². The van der Waals surface area contributed by atoms with E-state index in [0.717, 1.165) is 54.0 Å². The van der Waals surface area contributed by atoms with E-state index in [9.17, 15) is 9.90 Å². The van der Waals surface area contributed by atoms with Crippen molar-refractivity contribution >= 4 is 22.7 Å². The fourth-order valence-corrected chi connectivity index (χ4v) is 3.74. The van der Waals surface area contributed by atoms with E-state index in [0.29, 0.717) is 18.4 Å². The van der Waals surface area contributed by atoms with Gasteiger partial charge < -0.3 is 9.67 Å². The number of aliphatic hydroxyl groups is 1. The fraction of sp³-hybridized carbons (Fsp3) is 0.333. The van der Waals surface area contributed by atoms with Crippen LogP contribution in [0.5, 0.6) is 0 Å². The van der Waals surface area contributed by atoms with Crippen LogP contribution in [0.2, 0.25) is 0 Å². The molecule has 160 valence electrons. The number of ketones is 1. The van der Waals surface area contributed by atoms with Gasteiger partial charge in [0.15, 0.2) is 5.78 Å². The van der Waals surface area contributed by atoms with Crippen LogP contribution in [0.25, 0.3) is 5.52 Å². The zero-order valence-corrected chi connectivity index (χ0v) is 17.7. The molecule has 0 saturated heterocycles. The highest BCUT2D eigenvalue weighted by Gasteiger charge is 2.18. The summed E-state index contributed by atoms with van der Waals surface area (Å²) in [4.78, 5) is 21.3. The van der Waals surface area contributed by atoms with Crippen molar-refractivity contribution in [2.75, 3.05) is 6.61 Å². The molecule has 0 saturated carbocycles. The monoisotopic (exact) mass is 417 g/mol. The maximum Gasteiger partial charge on any atom is 0.181 e. The molecule has 1 aliphatic rings. The van der Waals surface area contributed by atoms with Crippen molar-refractivity contribution in [2.45, 2.75) is 45.6 Å². The first kappa shape index (κ1) is 20.9. The number of hydrogen-bond donors (Lipinski definition) is 1. The van der Waals surface area contributed by atoms with Crippen molar-refractivity contribution in [3.63, 3.8) is 0 Å². The van der Waals surface area contributed by atoms with Gasteiger partial charge in [-0.15, -0.1) is 0 Å². The van der Waals surface area contributed by atoms with Crippen LogP contribution >= 0.6 is 0 Å². The number of aliphatic imine (C=N–C) groups is 1. The van der Waals surface area contributed by atoms with E-state index in [2.05, 4.69) is 9.55 Å². The molecule has 0 fully saturated rings. The van der Waals surface area contributed by atoms with Crippen molar-refractivity contribution in [3.05, 3.63) is 72.1 Å². The summed E-state index contributed by atoms with van der Waals surface area (Å²) in [6.45, 7) is 2.82. The van der Waals surface area contributed by atoms with Crippen LogP contribution in [0.3, 0.4) is 0 Å². The number of imidazole rings is 1. The normalized spacial score (nSPS) is 15.5. The smallest absolute Gasteiger partial charge is 0.181 e. The average Bonchev–Trinajstić information content (AvgIpc) is 3.41. The van der Waals surface area contributed by atoms with Gasteiger partial charge in [0.2, 0.25) is 0 Å². The zero-order valence-electron chi connectivity index (χ0n) is 17.7. The van der Waals surface area contributed by atoms with E-state index >= 15 is 0 Å². The Morgan fingerprint density at radius 2 is 2.00 bits per heavy atom. The van der Waals surface area contributed by atoms with Gasteiger partial charge in [0.1, 0.15) is 5.69 Å². The minimum atomic E-state index is 0.00600. The molecule has 0 spiro atoms. The van der Waals surface area contributed by atoms with Crippen molar-refractivity contribution in [2.24, 2.45) is 4.99 Å². The standard InChI is InChI=1S/C24H27N5O2/c1-18-15-21(19(7-6-14-30)16-23(18)31)26-24-20(27-29-12-5-3-9-22(24)29)8-2-4-11-28-13-10-25-17-28/h3,5,9-10,12-13,15-17,30H,2,4,6-8,11,14H2,1H3. The van der Waals surface area contributed by atoms with Crippen LogP contribution in [0.4, 0.5) is 5.69 Å². The summed E-state index contributed by atoms with van der Waals surface area (Å²) >= 11 is 0. The number of aryl methyl sites for hydroxylation is 2. The second-order valence-electron chi connectivity index (χ2n) is 7.77. The molecule has 0 unspecified atom stereocenters. The van der Waals surface area contributed by atoms with Gasteiger partial charge in [-0.1, -0.05) is 6.07 Å². The lowest BCUT2D eigenvalue weighted by atomic mass is 9.94. The minimum Gasteiger partial charge on any atom is -0.396 e. The summed E-state index contributed by atoms with van der Waals surface area (Å²) in [5.41, 5.74) is 5.07. The van der Waals surface area contributed by atoms with Crippen LogP contribution in [-0.2, 0) is 17.8 Å². The van der Waals surface area contributed by atoms with Crippen LogP contribution in [-0.4, -0.2) is 42.4 Å². The fourth-order valence-electron chi connectivity index (χ4n) is 3.74. The van der Waals surface area contributed by atoms with E-state index in [-0.39, 0.29) is 12.4 Å². The van der Waals surface area contributed by atoms with Gasteiger partial charge in [-0.3, -0.25) is 4.79 Å². The van der Waals surface area contributed by atoms with Gasteiger partial charge in [0.05, 0.1) is 23.2 Å². The Bertz CT molecular complexity index is 1150. The molecule has 0 amide bonds. The number of unbranched alkanes of at least 4 members (excludes halogenated alkanes) is 1. The summed E-state index contributed by atoms with van der Waals surface area (Å²) in [7, 11) is 0. The summed E-state index contributed by atoms with van der Waals surface area (Å²) < 4.78 is 3.95. The second-order valence-corrected chi connectivity index (χ2v) is 7.77. The predicted octanol–water partition coefficient (Wildman–Crippen LogP) is 3.85. The molecule has 7 heteroatoms. The number of hydrogen-bond acceptors (Lipinski definition) is 5. The summed E-state index contributed by atoms with van der Waals surface area (Å²) in [5.74, 6) is 0.00600. The van der Waals surface area contributed by atoms with Gasteiger partial charge in [-0.25, -0.2) is 14.5 Å². The molecule has 7 nitrogen and oxygen atoms in total. The Morgan fingerprint density at radius 3 is 2.81 bits per heavy atom. The molecular formula is C24H27N5O2. The number of carbonyl (C=O) groups excluding carboxylic acids is 1. The van der Waals surface area contributed by atoms with Crippen LogP contribution in [0, 0.1) is 0 Å². The Balaban J connectivity index is 1.62. The molecule has 0 aliphatic heterocycles. The minimum absolute atomic E-state index is 0.00600. The molecule has 3 aromatic rings. The molecule has 3 aromatic heterocycles. The number of pyridine rings is 1. The Labute approximate surface area is 181 Å². The first-order valence-corrected chi connectivity index (χ1v) is 10.7. The molecule has 0 atom stereocenters. The molecule has 4 rings (SSSR count).